The average Bonchev–Trinajstić information content (AvgIpc) is 3.20. The molecule has 1 aliphatic carbocycles. The van der Waals surface area contributed by atoms with Gasteiger partial charge in [-0.2, -0.15) is 0 Å². The van der Waals surface area contributed by atoms with E-state index in [2.05, 4.69) is 80.5 Å². The molecular weight excluding hydrogens is 668 g/mol. The summed E-state index contributed by atoms with van der Waals surface area (Å²) in [5, 5.41) is 17.9. The minimum absolute atomic E-state index is 0.00766. The molecule has 0 heterocycles. The molecule has 0 saturated heterocycles. The van der Waals surface area contributed by atoms with Crippen molar-refractivity contribution in [1.29, 1.82) is 0 Å². The van der Waals surface area contributed by atoms with Gasteiger partial charge in [0.15, 0.2) is 0 Å². The van der Waals surface area contributed by atoms with Crippen LogP contribution in [-0.4, -0.2) is 61.8 Å². The fourth-order valence-electron chi connectivity index (χ4n) is 5.63. The van der Waals surface area contributed by atoms with E-state index >= 15 is 0 Å². The minimum atomic E-state index is -0.636. The molecule has 1 aliphatic rings. The summed E-state index contributed by atoms with van der Waals surface area (Å²) >= 11 is 0. The number of carbonyl (C=O) groups excluding carboxylic acids is 2. The van der Waals surface area contributed by atoms with Crippen LogP contribution in [-0.2, 0) is 30.2 Å². The molecular formula is C45H50O8. The van der Waals surface area contributed by atoms with Crippen molar-refractivity contribution in [3.05, 3.63) is 131 Å². The predicted octanol–water partition coefficient (Wildman–Crippen LogP) is 7.91. The molecule has 0 bridgehead atoms. The summed E-state index contributed by atoms with van der Waals surface area (Å²) in [6.45, 7) is 8.87. The SMILES string of the molecule is C=C(CO)C(=O)OCCOC1=CC=C(c2ccc(-c3ccc(C#Cc4ccc(OCCOC(=O)C(=C)CO)cc4)cc3)c(CCCCCCC)c2)CC1. The second-order valence-corrected chi connectivity index (χ2v) is 12.7. The molecule has 8 heteroatoms. The Kier molecular flexibility index (Phi) is 16.7. The van der Waals surface area contributed by atoms with Gasteiger partial charge in [0.25, 0.3) is 0 Å². The lowest BCUT2D eigenvalue weighted by atomic mass is 9.89. The van der Waals surface area contributed by atoms with Gasteiger partial charge in [-0.15, -0.1) is 0 Å². The van der Waals surface area contributed by atoms with Crippen molar-refractivity contribution in [2.75, 3.05) is 39.6 Å². The Labute approximate surface area is 313 Å². The zero-order valence-electron chi connectivity index (χ0n) is 30.7. The Morgan fingerprint density at radius 2 is 1.26 bits per heavy atom. The zero-order chi connectivity index (χ0) is 37.8. The summed E-state index contributed by atoms with van der Waals surface area (Å²) < 4.78 is 21.5. The normalized spacial score (nSPS) is 12.1. The van der Waals surface area contributed by atoms with Crippen LogP contribution >= 0.6 is 0 Å². The Balaban J connectivity index is 1.38. The molecule has 0 atom stereocenters. The van der Waals surface area contributed by atoms with Gasteiger partial charge in [0.05, 0.1) is 30.1 Å². The van der Waals surface area contributed by atoms with E-state index in [-0.39, 0.29) is 37.6 Å². The van der Waals surface area contributed by atoms with E-state index in [1.54, 1.807) is 0 Å². The maximum Gasteiger partial charge on any atom is 0.335 e. The van der Waals surface area contributed by atoms with E-state index in [0.717, 1.165) is 48.1 Å². The number of allylic oxidation sites excluding steroid dienone is 4. The van der Waals surface area contributed by atoms with Gasteiger partial charge < -0.3 is 29.2 Å². The van der Waals surface area contributed by atoms with Gasteiger partial charge in [0.1, 0.15) is 32.2 Å². The number of benzene rings is 3. The number of ether oxygens (including phenoxy) is 4. The van der Waals surface area contributed by atoms with Gasteiger partial charge in [-0.05, 0) is 89.6 Å². The molecule has 278 valence electrons. The van der Waals surface area contributed by atoms with Crippen LogP contribution in [0.1, 0.15) is 74.1 Å². The van der Waals surface area contributed by atoms with Crippen LogP contribution in [0.5, 0.6) is 5.75 Å². The van der Waals surface area contributed by atoms with Gasteiger partial charge >= 0.3 is 11.9 Å². The monoisotopic (exact) mass is 718 g/mol. The third-order valence-corrected chi connectivity index (χ3v) is 8.69. The summed E-state index contributed by atoms with van der Waals surface area (Å²) in [6, 6.07) is 22.6. The summed E-state index contributed by atoms with van der Waals surface area (Å²) in [5.74, 6) is 6.72. The van der Waals surface area contributed by atoms with Crippen LogP contribution in [0, 0.1) is 11.8 Å². The zero-order valence-corrected chi connectivity index (χ0v) is 30.7. The molecule has 0 aliphatic heterocycles. The lowest BCUT2D eigenvalue weighted by Crippen LogP contribution is -2.14. The van der Waals surface area contributed by atoms with Crippen LogP contribution in [0.3, 0.4) is 0 Å². The second kappa shape index (κ2) is 21.9. The topological polar surface area (TPSA) is 112 Å². The first-order valence-electron chi connectivity index (χ1n) is 18.2. The highest BCUT2D eigenvalue weighted by Gasteiger charge is 2.14. The second-order valence-electron chi connectivity index (χ2n) is 12.7. The maximum atomic E-state index is 11.7. The molecule has 8 nitrogen and oxygen atoms in total. The van der Waals surface area contributed by atoms with Crippen molar-refractivity contribution >= 4 is 17.5 Å². The molecule has 0 fully saturated rings. The van der Waals surface area contributed by atoms with E-state index < -0.39 is 25.2 Å². The van der Waals surface area contributed by atoms with Crippen LogP contribution < -0.4 is 4.74 Å². The average molecular weight is 719 g/mol. The first-order valence-corrected chi connectivity index (χ1v) is 18.2. The Bertz CT molecular complexity index is 1820. The number of aliphatic hydroxyl groups excluding tert-OH is 2. The number of carbonyl (C=O) groups is 2. The van der Waals surface area contributed by atoms with Crippen LogP contribution in [0.2, 0.25) is 0 Å². The quantitative estimate of drug-likeness (QED) is 0.0525. The Hall–Kier alpha value is -5.36. The van der Waals surface area contributed by atoms with Gasteiger partial charge in [0.2, 0.25) is 0 Å². The first kappa shape index (κ1) is 40.4. The maximum absolute atomic E-state index is 11.7. The molecule has 0 spiro atoms. The number of aryl methyl sites for hydroxylation is 1. The summed E-state index contributed by atoms with van der Waals surface area (Å²) in [4.78, 5) is 23.2. The summed E-state index contributed by atoms with van der Waals surface area (Å²) in [5.41, 5.74) is 8.03. The van der Waals surface area contributed by atoms with Crippen LogP contribution in [0.15, 0.2) is 109 Å². The third-order valence-electron chi connectivity index (χ3n) is 8.69. The van der Waals surface area contributed by atoms with Crippen molar-refractivity contribution in [1.82, 2.24) is 0 Å². The van der Waals surface area contributed by atoms with E-state index in [9.17, 15) is 9.59 Å². The van der Waals surface area contributed by atoms with E-state index in [0.29, 0.717) is 5.75 Å². The van der Waals surface area contributed by atoms with E-state index in [1.165, 1.54) is 47.9 Å². The van der Waals surface area contributed by atoms with Crippen molar-refractivity contribution in [2.24, 2.45) is 0 Å². The minimum Gasteiger partial charge on any atom is -0.494 e. The third kappa shape index (κ3) is 13.3. The lowest BCUT2D eigenvalue weighted by Gasteiger charge is -2.18. The van der Waals surface area contributed by atoms with Gasteiger partial charge in [0, 0.05) is 17.5 Å². The molecule has 3 aromatic rings. The Morgan fingerprint density at radius 3 is 1.85 bits per heavy atom. The van der Waals surface area contributed by atoms with Crippen molar-refractivity contribution in [3.8, 4) is 28.7 Å². The predicted molar refractivity (Wildman–Crippen MR) is 208 cm³/mol. The Morgan fingerprint density at radius 1 is 0.679 bits per heavy atom. The molecule has 0 saturated carbocycles. The molecule has 2 N–H and O–H groups in total. The smallest absolute Gasteiger partial charge is 0.335 e. The number of aliphatic hydroxyl groups is 2. The standard InChI is InChI=1S/C45H50O8/c1-4-5-6-7-8-9-40-30-39(37-18-23-42(24-19-37)51-27-29-53-45(49)34(3)32-47)20-25-43(40)38-16-12-35(13-17-38)10-11-36-14-21-41(22-15-36)50-26-28-52-44(48)33(2)31-46/h12-18,20-23,25,30,46-47H,2-9,19,24,26-29,31-32H2,1H3. The largest absolute Gasteiger partial charge is 0.494 e. The lowest BCUT2D eigenvalue weighted by molar-refractivity contribution is -0.141. The number of esters is 2. The van der Waals surface area contributed by atoms with E-state index in [1.807, 2.05) is 30.3 Å². The fourth-order valence-corrected chi connectivity index (χ4v) is 5.63. The van der Waals surface area contributed by atoms with E-state index in [4.69, 9.17) is 29.2 Å². The highest BCUT2D eigenvalue weighted by molar-refractivity contribution is 5.88. The highest BCUT2D eigenvalue weighted by atomic mass is 16.6. The van der Waals surface area contributed by atoms with Gasteiger partial charge in [-0.25, -0.2) is 9.59 Å². The molecule has 0 radical (unpaired) electrons. The number of hydrogen-bond acceptors (Lipinski definition) is 8. The molecule has 0 unspecified atom stereocenters. The van der Waals surface area contributed by atoms with Crippen molar-refractivity contribution in [3.63, 3.8) is 0 Å². The molecule has 4 rings (SSSR count). The molecule has 0 aromatic heterocycles. The summed E-state index contributed by atoms with van der Waals surface area (Å²) in [6.07, 6.45) is 12.8. The molecule has 53 heavy (non-hydrogen) atoms. The fraction of sp³-hybridized carbons (Fsp3) is 0.333. The number of rotatable bonds is 20. The first-order chi connectivity index (χ1) is 25.8. The van der Waals surface area contributed by atoms with Crippen LogP contribution in [0.25, 0.3) is 16.7 Å². The number of unbranched alkanes of at least 4 members (excludes halogenated alkanes) is 4. The van der Waals surface area contributed by atoms with Crippen LogP contribution in [0.4, 0.5) is 0 Å². The molecule has 3 aromatic carbocycles. The van der Waals surface area contributed by atoms with Crippen molar-refractivity contribution in [2.45, 2.75) is 58.3 Å². The molecule has 0 amide bonds. The van der Waals surface area contributed by atoms with Crippen molar-refractivity contribution < 1.29 is 38.7 Å². The number of hydrogen-bond donors (Lipinski definition) is 2. The van der Waals surface area contributed by atoms with Gasteiger partial charge in [-0.3, -0.25) is 0 Å². The van der Waals surface area contributed by atoms with Gasteiger partial charge in [-0.1, -0.05) is 94.0 Å². The highest BCUT2D eigenvalue weighted by Crippen LogP contribution is 2.33. The summed E-state index contributed by atoms with van der Waals surface area (Å²) in [7, 11) is 0.